The van der Waals surface area contributed by atoms with E-state index in [1.54, 1.807) is 0 Å². The van der Waals surface area contributed by atoms with Crippen molar-refractivity contribution >= 4 is 28.3 Å². The summed E-state index contributed by atoms with van der Waals surface area (Å²) in [7, 11) is 0. The summed E-state index contributed by atoms with van der Waals surface area (Å²) in [6.45, 7) is 4.27. The van der Waals surface area contributed by atoms with E-state index < -0.39 is 0 Å². The van der Waals surface area contributed by atoms with Gasteiger partial charge in [0.05, 0.1) is 11.0 Å². The van der Waals surface area contributed by atoms with Gasteiger partial charge < -0.3 is 10.7 Å². The van der Waals surface area contributed by atoms with Gasteiger partial charge in [-0.2, -0.15) is 0 Å². The van der Waals surface area contributed by atoms with Crippen LogP contribution in [0.15, 0.2) is 42.5 Å². The third-order valence-electron chi connectivity index (χ3n) is 3.67. The number of halogens is 1. The summed E-state index contributed by atoms with van der Waals surface area (Å²) in [5.41, 5.74) is 9.33. The van der Waals surface area contributed by atoms with Crippen molar-refractivity contribution in [3.63, 3.8) is 0 Å². The van der Waals surface area contributed by atoms with Crippen LogP contribution in [-0.4, -0.2) is 9.97 Å². The van der Waals surface area contributed by atoms with Gasteiger partial charge in [0.1, 0.15) is 5.82 Å². The molecule has 1 aromatic heterocycles. The zero-order valence-corrected chi connectivity index (χ0v) is 12.2. The molecule has 20 heavy (non-hydrogen) atoms. The number of nitrogen functional groups attached to an aromatic ring is 1. The van der Waals surface area contributed by atoms with E-state index in [0.29, 0.717) is 5.02 Å². The molecule has 2 aromatic carbocycles. The second-order valence-corrected chi connectivity index (χ2v) is 5.93. The number of fused-ring (bicyclic) bond motifs is 1. The quantitative estimate of drug-likeness (QED) is 0.696. The molecule has 102 valence electrons. The SMILES string of the molecule is CC(C)(c1ccc(N)cc1)c1nc2ccc(Cl)cc2[nH]1. The van der Waals surface area contributed by atoms with Gasteiger partial charge in [-0.05, 0) is 49.7 Å². The molecule has 0 bridgehead atoms. The molecule has 3 nitrogen and oxygen atoms in total. The summed E-state index contributed by atoms with van der Waals surface area (Å²) in [5, 5.41) is 0.706. The number of hydrogen-bond donors (Lipinski definition) is 2. The Balaban J connectivity index is 2.10. The van der Waals surface area contributed by atoms with Crippen LogP contribution in [0.3, 0.4) is 0 Å². The predicted molar refractivity (Wildman–Crippen MR) is 84.1 cm³/mol. The Kier molecular flexibility index (Phi) is 2.94. The lowest BCUT2D eigenvalue weighted by molar-refractivity contribution is 0.601. The van der Waals surface area contributed by atoms with Crippen molar-refractivity contribution in [1.29, 1.82) is 0 Å². The zero-order valence-electron chi connectivity index (χ0n) is 11.4. The average molecular weight is 286 g/mol. The fourth-order valence-corrected chi connectivity index (χ4v) is 2.49. The fraction of sp³-hybridized carbons (Fsp3) is 0.188. The summed E-state index contributed by atoms with van der Waals surface area (Å²) < 4.78 is 0. The smallest absolute Gasteiger partial charge is 0.117 e. The highest BCUT2D eigenvalue weighted by atomic mass is 35.5. The molecular weight excluding hydrogens is 270 g/mol. The van der Waals surface area contributed by atoms with Crippen LogP contribution in [0.5, 0.6) is 0 Å². The Labute approximate surface area is 122 Å². The zero-order chi connectivity index (χ0) is 14.3. The highest BCUT2D eigenvalue weighted by molar-refractivity contribution is 6.31. The van der Waals surface area contributed by atoms with Crippen molar-refractivity contribution in [3.05, 3.63) is 58.9 Å². The van der Waals surface area contributed by atoms with E-state index in [2.05, 4.69) is 23.8 Å². The summed E-state index contributed by atoms with van der Waals surface area (Å²) in [6.07, 6.45) is 0. The van der Waals surface area contributed by atoms with Gasteiger partial charge in [-0.15, -0.1) is 0 Å². The number of aromatic amines is 1. The normalized spacial score (nSPS) is 11.9. The minimum atomic E-state index is -0.223. The van der Waals surface area contributed by atoms with Crippen LogP contribution in [-0.2, 0) is 5.41 Å². The predicted octanol–water partition coefficient (Wildman–Crippen LogP) is 4.12. The van der Waals surface area contributed by atoms with Crippen LogP contribution in [0.1, 0.15) is 25.2 Å². The van der Waals surface area contributed by atoms with Gasteiger partial charge in [0.15, 0.2) is 0 Å². The Morgan fingerprint density at radius 1 is 1.10 bits per heavy atom. The molecule has 3 aromatic rings. The third-order valence-corrected chi connectivity index (χ3v) is 3.90. The van der Waals surface area contributed by atoms with Crippen molar-refractivity contribution < 1.29 is 0 Å². The molecule has 0 aliphatic heterocycles. The van der Waals surface area contributed by atoms with Crippen LogP contribution < -0.4 is 5.73 Å². The summed E-state index contributed by atoms with van der Waals surface area (Å²) in [4.78, 5) is 8.04. The maximum atomic E-state index is 6.01. The molecule has 0 unspecified atom stereocenters. The number of hydrogen-bond acceptors (Lipinski definition) is 2. The van der Waals surface area contributed by atoms with Crippen molar-refractivity contribution in [3.8, 4) is 0 Å². The number of benzene rings is 2. The number of nitrogens with two attached hydrogens (primary N) is 1. The average Bonchev–Trinajstić information content (AvgIpc) is 2.83. The molecule has 0 aliphatic rings. The number of imidazole rings is 1. The lowest BCUT2D eigenvalue weighted by Gasteiger charge is -2.22. The first kappa shape index (κ1) is 13.0. The molecule has 0 aliphatic carbocycles. The largest absolute Gasteiger partial charge is 0.399 e. The first-order chi connectivity index (χ1) is 9.46. The van der Waals surface area contributed by atoms with E-state index in [-0.39, 0.29) is 5.41 Å². The second-order valence-electron chi connectivity index (χ2n) is 5.49. The highest BCUT2D eigenvalue weighted by Gasteiger charge is 2.26. The minimum absolute atomic E-state index is 0.223. The minimum Gasteiger partial charge on any atom is -0.399 e. The first-order valence-electron chi connectivity index (χ1n) is 6.48. The fourth-order valence-electron chi connectivity index (χ4n) is 2.31. The molecule has 0 saturated heterocycles. The van der Waals surface area contributed by atoms with Crippen LogP contribution in [0.4, 0.5) is 5.69 Å². The number of nitrogens with one attached hydrogen (secondary N) is 1. The van der Waals surface area contributed by atoms with Gasteiger partial charge in [0.2, 0.25) is 0 Å². The third kappa shape index (κ3) is 2.14. The van der Waals surface area contributed by atoms with Gasteiger partial charge in [-0.1, -0.05) is 23.7 Å². The Hall–Kier alpha value is -2.00. The van der Waals surface area contributed by atoms with Crippen LogP contribution in [0, 0.1) is 0 Å². The van der Waals surface area contributed by atoms with E-state index in [1.807, 2.05) is 42.5 Å². The van der Waals surface area contributed by atoms with Crippen molar-refractivity contribution in [2.24, 2.45) is 0 Å². The maximum absolute atomic E-state index is 6.01. The van der Waals surface area contributed by atoms with E-state index in [1.165, 1.54) is 0 Å². The van der Waals surface area contributed by atoms with E-state index >= 15 is 0 Å². The first-order valence-corrected chi connectivity index (χ1v) is 6.86. The molecule has 0 saturated carbocycles. The molecule has 3 N–H and O–H groups in total. The lowest BCUT2D eigenvalue weighted by Crippen LogP contribution is -2.20. The Bertz CT molecular complexity index is 757. The molecule has 0 fully saturated rings. The van der Waals surface area contributed by atoms with E-state index in [9.17, 15) is 0 Å². The monoisotopic (exact) mass is 285 g/mol. The molecule has 3 rings (SSSR count). The number of rotatable bonds is 2. The van der Waals surface area contributed by atoms with Gasteiger partial charge in [0.25, 0.3) is 0 Å². The molecule has 0 atom stereocenters. The number of H-pyrrole nitrogens is 1. The topological polar surface area (TPSA) is 54.7 Å². The van der Waals surface area contributed by atoms with Gasteiger partial charge in [-0.25, -0.2) is 4.98 Å². The van der Waals surface area contributed by atoms with Crippen LogP contribution in [0.25, 0.3) is 11.0 Å². The summed E-state index contributed by atoms with van der Waals surface area (Å²) in [6, 6.07) is 13.6. The van der Waals surface area contributed by atoms with Crippen LogP contribution in [0.2, 0.25) is 5.02 Å². The molecule has 4 heteroatoms. The Morgan fingerprint density at radius 2 is 1.80 bits per heavy atom. The van der Waals surface area contributed by atoms with Gasteiger partial charge >= 0.3 is 0 Å². The second kappa shape index (κ2) is 4.53. The molecule has 1 heterocycles. The summed E-state index contributed by atoms with van der Waals surface area (Å²) >= 11 is 6.01. The number of aromatic nitrogens is 2. The molecule has 0 amide bonds. The molecule has 0 radical (unpaired) electrons. The van der Waals surface area contributed by atoms with Crippen molar-refractivity contribution in [2.45, 2.75) is 19.3 Å². The van der Waals surface area contributed by atoms with Crippen molar-refractivity contribution in [2.75, 3.05) is 5.73 Å². The lowest BCUT2D eigenvalue weighted by atomic mass is 9.84. The number of nitrogens with zero attached hydrogens (tertiary/aromatic N) is 1. The maximum Gasteiger partial charge on any atom is 0.117 e. The van der Waals surface area contributed by atoms with E-state index in [0.717, 1.165) is 28.1 Å². The molecular formula is C16H16ClN3. The van der Waals surface area contributed by atoms with Gasteiger partial charge in [0, 0.05) is 16.1 Å². The molecule has 0 spiro atoms. The standard InChI is InChI=1S/C16H16ClN3/c1-16(2,10-3-6-12(18)7-4-10)15-19-13-8-5-11(17)9-14(13)20-15/h3-9H,18H2,1-2H3,(H,19,20). The van der Waals surface area contributed by atoms with Crippen LogP contribution >= 0.6 is 11.6 Å². The van der Waals surface area contributed by atoms with Gasteiger partial charge in [-0.3, -0.25) is 0 Å². The highest BCUT2D eigenvalue weighted by Crippen LogP contribution is 2.31. The van der Waals surface area contributed by atoms with Crippen molar-refractivity contribution in [1.82, 2.24) is 9.97 Å². The Morgan fingerprint density at radius 3 is 2.50 bits per heavy atom. The van der Waals surface area contributed by atoms with E-state index in [4.69, 9.17) is 17.3 Å². The number of anilines is 1. The summed E-state index contributed by atoms with van der Waals surface area (Å²) in [5.74, 6) is 0.916.